The molecule has 0 aliphatic heterocycles. The average Bonchev–Trinajstić information content (AvgIpc) is 2.52. The van der Waals surface area contributed by atoms with Crippen LogP contribution in [0, 0.1) is 23.7 Å². The fourth-order valence-electron chi connectivity index (χ4n) is 5.07. The number of hydrogen-bond acceptors (Lipinski definition) is 1. The molecule has 0 bridgehead atoms. The lowest BCUT2D eigenvalue weighted by atomic mass is 9.76. The first-order valence-electron chi connectivity index (χ1n) is 11.9. The molecule has 2 aliphatic carbocycles. The molecule has 2 saturated carbocycles. The van der Waals surface area contributed by atoms with Gasteiger partial charge in [0, 0.05) is 10.5 Å². The van der Waals surface area contributed by atoms with E-state index in [1.54, 1.807) is 0 Å². The summed E-state index contributed by atoms with van der Waals surface area (Å²) in [4.78, 5) is 0. The molecule has 148 valence electrons. The summed E-state index contributed by atoms with van der Waals surface area (Å²) in [6.07, 6.45) is 20.6. The van der Waals surface area contributed by atoms with Crippen LogP contribution in [-0.2, 0) is 0 Å². The molecule has 4 atom stereocenters. The van der Waals surface area contributed by atoms with Crippen molar-refractivity contribution >= 4 is 11.8 Å². The molecule has 4 unspecified atom stereocenters. The van der Waals surface area contributed by atoms with Crippen LogP contribution < -0.4 is 0 Å². The topological polar surface area (TPSA) is 0 Å². The van der Waals surface area contributed by atoms with Crippen molar-refractivity contribution in [3.05, 3.63) is 0 Å². The van der Waals surface area contributed by atoms with Gasteiger partial charge in [-0.25, -0.2) is 0 Å². The first-order valence-corrected chi connectivity index (χ1v) is 12.8. The van der Waals surface area contributed by atoms with Crippen LogP contribution in [0.15, 0.2) is 0 Å². The highest BCUT2D eigenvalue weighted by Gasteiger charge is 2.39. The van der Waals surface area contributed by atoms with E-state index < -0.39 is 0 Å². The SMILES string of the molecule is CCCCC(CC)C(SC(C(CC)CCCC)C1CCC1)C1CCC1. The molecule has 2 aliphatic rings. The predicted octanol–water partition coefficient (Wildman–Crippen LogP) is 8.49. The van der Waals surface area contributed by atoms with Crippen LogP contribution in [0.2, 0.25) is 0 Å². The smallest absolute Gasteiger partial charge is 0.0106 e. The molecule has 2 fully saturated rings. The normalized spacial score (nSPS) is 23.5. The van der Waals surface area contributed by atoms with Gasteiger partial charge >= 0.3 is 0 Å². The zero-order chi connectivity index (χ0) is 18.1. The van der Waals surface area contributed by atoms with Crippen molar-refractivity contribution in [3.63, 3.8) is 0 Å². The van der Waals surface area contributed by atoms with E-state index in [9.17, 15) is 0 Å². The molecular weight excluding hydrogens is 320 g/mol. The van der Waals surface area contributed by atoms with Crippen molar-refractivity contribution in [2.75, 3.05) is 0 Å². The molecule has 0 saturated heterocycles. The van der Waals surface area contributed by atoms with Gasteiger partial charge in [-0.15, -0.1) is 0 Å². The van der Waals surface area contributed by atoms with Gasteiger partial charge in [0.1, 0.15) is 0 Å². The van der Waals surface area contributed by atoms with Crippen LogP contribution in [0.3, 0.4) is 0 Å². The third-order valence-corrected chi connectivity index (χ3v) is 9.55. The summed E-state index contributed by atoms with van der Waals surface area (Å²) >= 11 is 2.52. The number of unbranched alkanes of at least 4 members (excludes halogenated alkanes) is 2. The Hall–Kier alpha value is 0.350. The molecule has 1 heteroatoms. The lowest BCUT2D eigenvalue weighted by Gasteiger charge is -2.45. The molecule has 2 rings (SSSR count). The molecule has 0 nitrogen and oxygen atoms in total. The summed E-state index contributed by atoms with van der Waals surface area (Å²) in [5.74, 6) is 4.08. The lowest BCUT2D eigenvalue weighted by Crippen LogP contribution is -2.38. The van der Waals surface area contributed by atoms with Crippen LogP contribution in [0.25, 0.3) is 0 Å². The fourth-order valence-corrected chi connectivity index (χ4v) is 7.52. The maximum Gasteiger partial charge on any atom is 0.0106 e. The lowest BCUT2D eigenvalue weighted by molar-refractivity contribution is 0.230. The minimum absolute atomic E-state index is 0.978. The highest BCUT2D eigenvalue weighted by Crippen LogP contribution is 2.50. The van der Waals surface area contributed by atoms with Crippen molar-refractivity contribution in [1.29, 1.82) is 0 Å². The highest BCUT2D eigenvalue weighted by molar-refractivity contribution is 8.00. The minimum atomic E-state index is 0.978. The monoisotopic (exact) mass is 366 g/mol. The van der Waals surface area contributed by atoms with E-state index in [-0.39, 0.29) is 0 Å². The molecule has 0 aromatic carbocycles. The summed E-state index contributed by atoms with van der Waals surface area (Å²) in [6, 6.07) is 0. The van der Waals surface area contributed by atoms with Crippen LogP contribution in [-0.4, -0.2) is 10.5 Å². The van der Waals surface area contributed by atoms with Gasteiger partial charge in [0.25, 0.3) is 0 Å². The van der Waals surface area contributed by atoms with Gasteiger partial charge in [0.15, 0.2) is 0 Å². The van der Waals surface area contributed by atoms with Crippen molar-refractivity contribution in [2.24, 2.45) is 23.7 Å². The Labute approximate surface area is 163 Å². The average molecular weight is 367 g/mol. The molecule has 0 aromatic rings. The summed E-state index contributed by atoms with van der Waals surface area (Å²) in [7, 11) is 0. The van der Waals surface area contributed by atoms with Crippen molar-refractivity contribution < 1.29 is 0 Å². The molecule has 0 spiro atoms. The van der Waals surface area contributed by atoms with Gasteiger partial charge in [-0.2, -0.15) is 11.8 Å². The maximum absolute atomic E-state index is 2.52. The Kier molecular flexibility index (Phi) is 10.3. The Morgan fingerprint density at radius 3 is 1.32 bits per heavy atom. The second-order valence-corrected chi connectivity index (χ2v) is 10.4. The van der Waals surface area contributed by atoms with E-state index in [1.165, 1.54) is 89.9 Å². The van der Waals surface area contributed by atoms with Gasteiger partial charge in [-0.1, -0.05) is 79.1 Å². The van der Waals surface area contributed by atoms with Gasteiger partial charge < -0.3 is 0 Å². The zero-order valence-corrected chi connectivity index (χ0v) is 18.6. The van der Waals surface area contributed by atoms with Crippen molar-refractivity contribution in [2.45, 2.75) is 128 Å². The predicted molar refractivity (Wildman–Crippen MR) is 116 cm³/mol. The molecule has 0 heterocycles. The molecular formula is C24H46S. The first-order chi connectivity index (χ1) is 12.2. The highest BCUT2D eigenvalue weighted by atomic mass is 32.2. The third-order valence-electron chi connectivity index (χ3n) is 7.38. The summed E-state index contributed by atoms with van der Waals surface area (Å²) in [6.45, 7) is 9.68. The van der Waals surface area contributed by atoms with Crippen LogP contribution in [0.4, 0.5) is 0 Å². The Morgan fingerprint density at radius 1 is 0.680 bits per heavy atom. The third kappa shape index (κ3) is 6.18. The standard InChI is InChI=1S/C24H46S/c1-5-9-13-19(7-3)23(21-15-11-16-21)25-24(22-17-12-18-22)20(8-4)14-10-6-2/h19-24H,5-18H2,1-4H3. The molecule has 0 N–H and O–H groups in total. The van der Waals surface area contributed by atoms with Crippen LogP contribution in [0.1, 0.15) is 118 Å². The summed E-state index contributed by atoms with van der Waals surface area (Å²) < 4.78 is 0. The second-order valence-electron chi connectivity index (χ2n) is 9.07. The van der Waals surface area contributed by atoms with Crippen molar-refractivity contribution in [3.8, 4) is 0 Å². The minimum Gasteiger partial charge on any atom is -0.154 e. The van der Waals surface area contributed by atoms with E-state index >= 15 is 0 Å². The van der Waals surface area contributed by atoms with Crippen LogP contribution in [0.5, 0.6) is 0 Å². The first kappa shape index (κ1) is 21.6. The maximum atomic E-state index is 2.52. The largest absolute Gasteiger partial charge is 0.154 e. The zero-order valence-electron chi connectivity index (χ0n) is 17.8. The van der Waals surface area contributed by atoms with Gasteiger partial charge in [-0.3, -0.25) is 0 Å². The van der Waals surface area contributed by atoms with Gasteiger partial charge in [0.2, 0.25) is 0 Å². The van der Waals surface area contributed by atoms with Crippen molar-refractivity contribution in [1.82, 2.24) is 0 Å². The Balaban J connectivity index is 2.06. The van der Waals surface area contributed by atoms with E-state index in [4.69, 9.17) is 0 Å². The Bertz CT molecular complexity index is 299. The van der Waals surface area contributed by atoms with E-state index in [0.717, 1.165) is 34.2 Å². The van der Waals surface area contributed by atoms with E-state index in [2.05, 4.69) is 39.5 Å². The van der Waals surface area contributed by atoms with Gasteiger partial charge in [-0.05, 0) is 62.2 Å². The molecule has 0 amide bonds. The molecule has 0 radical (unpaired) electrons. The summed E-state index contributed by atoms with van der Waals surface area (Å²) in [5.41, 5.74) is 0. The quantitative estimate of drug-likeness (QED) is 0.297. The Morgan fingerprint density at radius 2 is 1.08 bits per heavy atom. The summed E-state index contributed by atoms with van der Waals surface area (Å²) in [5, 5.41) is 1.96. The number of thioether (sulfide) groups is 1. The number of rotatable bonds is 14. The fraction of sp³-hybridized carbons (Fsp3) is 1.00. The second kappa shape index (κ2) is 11.9. The van der Waals surface area contributed by atoms with E-state index in [0.29, 0.717) is 0 Å². The molecule has 0 aromatic heterocycles. The van der Waals surface area contributed by atoms with Gasteiger partial charge in [0.05, 0.1) is 0 Å². The van der Waals surface area contributed by atoms with Crippen LogP contribution >= 0.6 is 11.8 Å². The van der Waals surface area contributed by atoms with E-state index in [1.807, 2.05) is 0 Å². The molecule has 25 heavy (non-hydrogen) atoms. The number of hydrogen-bond donors (Lipinski definition) is 0.